The first-order chi connectivity index (χ1) is 5.00. The summed E-state index contributed by atoms with van der Waals surface area (Å²) in [6.45, 7) is 3.87. The SMILES string of the molecule is C=CCNC(=O)S.N.NC(=O)S. The molecule has 0 saturated heterocycles. The second kappa shape index (κ2) is 13.0. The van der Waals surface area contributed by atoms with Gasteiger partial charge in [0, 0.05) is 6.54 Å². The van der Waals surface area contributed by atoms with Crippen molar-refractivity contribution in [2.45, 2.75) is 0 Å². The van der Waals surface area contributed by atoms with Crippen molar-refractivity contribution in [2.75, 3.05) is 6.54 Å². The summed E-state index contributed by atoms with van der Waals surface area (Å²) >= 11 is 6.54. The number of amides is 2. The maximum atomic E-state index is 9.91. The van der Waals surface area contributed by atoms with Gasteiger partial charge in [-0.1, -0.05) is 31.3 Å². The lowest BCUT2D eigenvalue weighted by atomic mass is 10.6. The molecule has 0 radical (unpaired) electrons. The summed E-state index contributed by atoms with van der Waals surface area (Å²) in [6, 6.07) is 0. The van der Waals surface area contributed by atoms with E-state index in [0.29, 0.717) is 6.54 Å². The zero-order valence-corrected chi connectivity index (χ0v) is 8.28. The predicted molar refractivity (Wildman–Crippen MR) is 56.2 cm³/mol. The van der Waals surface area contributed by atoms with Gasteiger partial charge < -0.3 is 17.2 Å². The number of carbonyl (C=O) groups is 2. The molecule has 0 heterocycles. The molecule has 7 heteroatoms. The van der Waals surface area contributed by atoms with E-state index in [1.54, 1.807) is 6.08 Å². The second-order valence-electron chi connectivity index (χ2n) is 1.31. The van der Waals surface area contributed by atoms with Crippen LogP contribution >= 0.6 is 25.3 Å². The molecule has 0 aromatic rings. The van der Waals surface area contributed by atoms with E-state index in [4.69, 9.17) is 4.79 Å². The molecule has 0 aromatic heterocycles. The average Bonchev–Trinajstić information content (AvgIpc) is 1.82. The van der Waals surface area contributed by atoms with Crippen LogP contribution in [0.2, 0.25) is 0 Å². The molecule has 0 aliphatic carbocycles. The maximum Gasteiger partial charge on any atom is 0.276 e. The van der Waals surface area contributed by atoms with Crippen LogP contribution in [-0.2, 0) is 0 Å². The molecular formula is C5H13N3O2S2. The van der Waals surface area contributed by atoms with E-state index in [0.717, 1.165) is 0 Å². The van der Waals surface area contributed by atoms with Crippen molar-refractivity contribution in [3.05, 3.63) is 12.7 Å². The second-order valence-corrected chi connectivity index (χ2v) is 2.16. The van der Waals surface area contributed by atoms with Crippen molar-refractivity contribution in [3.63, 3.8) is 0 Å². The molecule has 0 rings (SSSR count). The summed E-state index contributed by atoms with van der Waals surface area (Å²) in [5.41, 5.74) is 4.34. The third-order valence-corrected chi connectivity index (χ3v) is 0.556. The van der Waals surface area contributed by atoms with Gasteiger partial charge in [-0.3, -0.25) is 9.59 Å². The van der Waals surface area contributed by atoms with E-state index in [1.807, 2.05) is 0 Å². The van der Waals surface area contributed by atoms with E-state index < -0.39 is 5.24 Å². The van der Waals surface area contributed by atoms with Gasteiger partial charge in [-0.05, 0) is 0 Å². The summed E-state index contributed by atoms with van der Waals surface area (Å²) in [5, 5.41) is 1.44. The van der Waals surface area contributed by atoms with Gasteiger partial charge in [0.1, 0.15) is 0 Å². The summed E-state index contributed by atoms with van der Waals surface area (Å²) in [4.78, 5) is 19.0. The standard InChI is InChI=1S/C4H7NOS.CH3NOS.H3N/c1-2-3-5-4(6)7;2-1(3)4;/h2H,1,3H2,(H2,5,6,7);(H3,2,3,4);1H3. The lowest BCUT2D eigenvalue weighted by Gasteiger charge is -1.89. The first kappa shape index (κ1) is 17.4. The molecule has 0 spiro atoms. The first-order valence-corrected chi connectivity index (χ1v) is 3.46. The number of rotatable bonds is 2. The number of nitrogens with one attached hydrogen (secondary N) is 1. The fourth-order valence-electron chi connectivity index (χ4n) is 0.159. The third kappa shape index (κ3) is 58.2. The van der Waals surface area contributed by atoms with E-state index in [-0.39, 0.29) is 11.4 Å². The highest BCUT2D eigenvalue weighted by atomic mass is 32.1. The number of carbonyl (C=O) groups excluding carboxylic acids is 2. The van der Waals surface area contributed by atoms with Crippen molar-refractivity contribution >= 4 is 35.7 Å². The Labute approximate surface area is 82.2 Å². The van der Waals surface area contributed by atoms with E-state index in [2.05, 4.69) is 42.9 Å². The average molecular weight is 211 g/mol. The van der Waals surface area contributed by atoms with Gasteiger partial charge in [-0.15, -0.1) is 6.58 Å². The van der Waals surface area contributed by atoms with Crippen LogP contribution in [-0.4, -0.2) is 17.0 Å². The highest BCUT2D eigenvalue weighted by Gasteiger charge is 1.82. The number of primary amides is 1. The fraction of sp³-hybridized carbons (Fsp3) is 0.200. The molecule has 12 heavy (non-hydrogen) atoms. The molecular weight excluding hydrogens is 198 g/mol. The topological polar surface area (TPSA) is 107 Å². The Morgan fingerprint density at radius 1 is 1.50 bits per heavy atom. The van der Waals surface area contributed by atoms with Crippen LogP contribution < -0.4 is 17.2 Å². The molecule has 0 saturated carbocycles. The Morgan fingerprint density at radius 3 is 1.92 bits per heavy atom. The Morgan fingerprint density at radius 2 is 1.83 bits per heavy atom. The predicted octanol–water partition coefficient (Wildman–Crippen LogP) is 0.969. The van der Waals surface area contributed by atoms with Crippen molar-refractivity contribution in [1.82, 2.24) is 11.5 Å². The van der Waals surface area contributed by atoms with Crippen LogP contribution in [0.25, 0.3) is 0 Å². The Kier molecular flexibility index (Phi) is 18.8. The van der Waals surface area contributed by atoms with E-state index >= 15 is 0 Å². The lowest BCUT2D eigenvalue weighted by Crippen LogP contribution is -2.15. The number of thiol groups is 2. The molecule has 0 aliphatic heterocycles. The summed E-state index contributed by atoms with van der Waals surface area (Å²) in [6.07, 6.45) is 1.59. The molecule has 0 atom stereocenters. The molecule has 0 unspecified atom stereocenters. The van der Waals surface area contributed by atoms with Gasteiger partial charge in [0.2, 0.25) is 0 Å². The van der Waals surface area contributed by atoms with E-state index in [9.17, 15) is 4.79 Å². The van der Waals surface area contributed by atoms with Gasteiger partial charge in [0.15, 0.2) is 0 Å². The summed E-state index contributed by atoms with van der Waals surface area (Å²) in [7, 11) is 0. The monoisotopic (exact) mass is 211 g/mol. The van der Waals surface area contributed by atoms with Crippen LogP contribution in [0.1, 0.15) is 0 Å². The third-order valence-electron chi connectivity index (χ3n) is 0.398. The fourth-order valence-corrected chi connectivity index (χ4v) is 0.251. The molecule has 2 amide bonds. The summed E-state index contributed by atoms with van der Waals surface area (Å²) in [5.74, 6) is 0. The minimum Gasteiger partial charge on any atom is -0.361 e. The van der Waals surface area contributed by atoms with Crippen molar-refractivity contribution < 1.29 is 9.59 Å². The van der Waals surface area contributed by atoms with E-state index in [1.165, 1.54) is 0 Å². The van der Waals surface area contributed by atoms with Gasteiger partial charge in [0.05, 0.1) is 0 Å². The smallest absolute Gasteiger partial charge is 0.276 e. The molecule has 5 nitrogen and oxygen atoms in total. The highest BCUT2D eigenvalue weighted by Crippen LogP contribution is 1.72. The van der Waals surface area contributed by atoms with Gasteiger partial charge in [0.25, 0.3) is 10.5 Å². The summed E-state index contributed by atoms with van der Waals surface area (Å²) < 4.78 is 0. The normalized spacial score (nSPS) is 6.50. The molecule has 0 bridgehead atoms. The minimum absolute atomic E-state index is 0. The highest BCUT2D eigenvalue weighted by molar-refractivity contribution is 7.96. The van der Waals surface area contributed by atoms with Crippen LogP contribution in [0, 0.1) is 0 Å². The van der Waals surface area contributed by atoms with Gasteiger partial charge in [-0.25, -0.2) is 0 Å². The zero-order chi connectivity index (χ0) is 9.28. The Balaban J connectivity index is -0.000000142. The quantitative estimate of drug-likeness (QED) is 0.347. The van der Waals surface area contributed by atoms with Crippen LogP contribution in [0.4, 0.5) is 9.59 Å². The molecule has 6 N–H and O–H groups in total. The Bertz CT molecular complexity index is 148. The lowest BCUT2D eigenvalue weighted by molar-refractivity contribution is 0.262. The van der Waals surface area contributed by atoms with Crippen LogP contribution in [0.5, 0.6) is 0 Å². The van der Waals surface area contributed by atoms with Crippen molar-refractivity contribution in [2.24, 2.45) is 5.73 Å². The minimum atomic E-state index is -0.639. The molecule has 0 aliphatic rings. The zero-order valence-electron chi connectivity index (χ0n) is 6.49. The number of hydrogen-bond donors (Lipinski definition) is 5. The molecule has 0 fully saturated rings. The van der Waals surface area contributed by atoms with Gasteiger partial charge in [-0.2, -0.15) is 0 Å². The van der Waals surface area contributed by atoms with Gasteiger partial charge >= 0.3 is 0 Å². The number of nitrogens with two attached hydrogens (primary N) is 1. The maximum absolute atomic E-state index is 9.91. The first-order valence-electron chi connectivity index (χ1n) is 2.56. The largest absolute Gasteiger partial charge is 0.361 e. The number of hydrogen-bond acceptors (Lipinski definition) is 3. The van der Waals surface area contributed by atoms with Crippen molar-refractivity contribution in [3.8, 4) is 0 Å². The Hall–Kier alpha value is -0.660. The van der Waals surface area contributed by atoms with Crippen LogP contribution in [0.3, 0.4) is 0 Å². The van der Waals surface area contributed by atoms with Crippen LogP contribution in [0.15, 0.2) is 12.7 Å². The molecule has 72 valence electrons. The molecule has 0 aromatic carbocycles. The van der Waals surface area contributed by atoms with Crippen molar-refractivity contribution in [1.29, 1.82) is 0 Å².